The maximum Gasteiger partial charge on any atom is 0.256 e. The van der Waals surface area contributed by atoms with Crippen molar-refractivity contribution in [1.82, 2.24) is 9.80 Å². The van der Waals surface area contributed by atoms with E-state index in [0.29, 0.717) is 25.6 Å². The first-order valence-corrected chi connectivity index (χ1v) is 7.21. The summed E-state index contributed by atoms with van der Waals surface area (Å²) in [6.45, 7) is 6.38. The predicted molar refractivity (Wildman–Crippen MR) is 78.6 cm³/mol. The van der Waals surface area contributed by atoms with Gasteiger partial charge in [-0.2, -0.15) is 0 Å². The Labute approximate surface area is 124 Å². The molecule has 1 unspecified atom stereocenters. The second kappa shape index (κ2) is 6.87. The minimum absolute atomic E-state index is 0.0107. The lowest BCUT2D eigenvalue weighted by Crippen LogP contribution is -2.50. The zero-order chi connectivity index (χ0) is 15.4. The number of hydrogen-bond donors (Lipinski definition) is 2. The molecule has 0 spiro atoms. The molecule has 1 aromatic carbocycles. The number of carbonyl (C=O) groups is 1. The van der Waals surface area contributed by atoms with Gasteiger partial charge in [-0.3, -0.25) is 9.69 Å². The topological polar surface area (TPSA) is 69.8 Å². The molecule has 1 fully saturated rings. The van der Waals surface area contributed by atoms with Gasteiger partial charge in [-0.05, 0) is 24.6 Å². The number of rotatable bonds is 4. The molecule has 2 rings (SSSR count). The Morgan fingerprint density at radius 2 is 2.05 bits per heavy atom. The van der Waals surface area contributed by atoms with Gasteiger partial charge in [0.05, 0.1) is 5.56 Å². The highest BCUT2D eigenvalue weighted by Gasteiger charge is 2.24. The molecule has 1 aromatic rings. The molecule has 116 valence electrons. The molecule has 0 aliphatic carbocycles. The van der Waals surface area contributed by atoms with E-state index in [1.165, 1.54) is 12.1 Å². The summed E-state index contributed by atoms with van der Waals surface area (Å²) in [5, 5.41) is 9.19. The van der Waals surface area contributed by atoms with Crippen molar-refractivity contribution in [3.05, 3.63) is 29.6 Å². The highest BCUT2D eigenvalue weighted by molar-refractivity contribution is 5.94. The van der Waals surface area contributed by atoms with Gasteiger partial charge < -0.3 is 15.7 Å². The van der Waals surface area contributed by atoms with Crippen LogP contribution in [0.15, 0.2) is 18.2 Å². The van der Waals surface area contributed by atoms with E-state index in [0.717, 1.165) is 25.7 Å². The minimum Gasteiger partial charge on any atom is -0.508 e. The third kappa shape index (κ3) is 3.92. The van der Waals surface area contributed by atoms with Crippen LogP contribution in [0.25, 0.3) is 0 Å². The number of piperazine rings is 1. The molecule has 6 heteroatoms. The van der Waals surface area contributed by atoms with Gasteiger partial charge in [-0.15, -0.1) is 0 Å². The first-order valence-electron chi connectivity index (χ1n) is 7.21. The zero-order valence-electron chi connectivity index (χ0n) is 12.3. The number of carbonyl (C=O) groups excluding carboxylic acids is 1. The van der Waals surface area contributed by atoms with Gasteiger partial charge in [0.1, 0.15) is 11.6 Å². The van der Waals surface area contributed by atoms with Gasteiger partial charge in [-0.1, -0.05) is 6.92 Å². The Morgan fingerprint density at radius 3 is 2.62 bits per heavy atom. The number of phenols is 1. The van der Waals surface area contributed by atoms with Crippen LogP contribution < -0.4 is 5.73 Å². The third-order valence-corrected chi connectivity index (χ3v) is 3.81. The number of benzene rings is 1. The number of amides is 1. The highest BCUT2D eigenvalue weighted by Crippen LogP contribution is 2.17. The van der Waals surface area contributed by atoms with Gasteiger partial charge in [0.2, 0.25) is 0 Å². The van der Waals surface area contributed by atoms with Gasteiger partial charge in [-0.25, -0.2) is 4.39 Å². The fourth-order valence-electron chi connectivity index (χ4n) is 2.50. The Hall–Kier alpha value is -1.66. The lowest BCUT2D eigenvalue weighted by atomic mass is 10.1. The molecule has 1 aliphatic rings. The van der Waals surface area contributed by atoms with Crippen molar-refractivity contribution < 1.29 is 14.3 Å². The summed E-state index contributed by atoms with van der Waals surface area (Å²) in [6, 6.07) is 3.62. The summed E-state index contributed by atoms with van der Waals surface area (Å²) in [5.74, 6) is -0.746. The van der Waals surface area contributed by atoms with Crippen LogP contribution in [0.1, 0.15) is 17.3 Å². The first kappa shape index (κ1) is 15.7. The van der Waals surface area contributed by atoms with Crippen LogP contribution in [-0.2, 0) is 0 Å². The summed E-state index contributed by atoms with van der Waals surface area (Å²) in [4.78, 5) is 16.2. The number of halogens is 1. The zero-order valence-corrected chi connectivity index (χ0v) is 12.3. The van der Waals surface area contributed by atoms with Crippen molar-refractivity contribution >= 4 is 5.91 Å². The largest absolute Gasteiger partial charge is 0.508 e. The van der Waals surface area contributed by atoms with E-state index in [2.05, 4.69) is 11.8 Å². The second-order valence-electron chi connectivity index (χ2n) is 5.60. The van der Waals surface area contributed by atoms with Crippen LogP contribution in [0.5, 0.6) is 5.75 Å². The average Bonchev–Trinajstić information content (AvgIpc) is 2.47. The molecule has 1 saturated heterocycles. The number of phenolic OH excluding ortho intramolecular Hbond substituents is 1. The van der Waals surface area contributed by atoms with Crippen molar-refractivity contribution in [3.63, 3.8) is 0 Å². The van der Waals surface area contributed by atoms with Crippen molar-refractivity contribution in [2.45, 2.75) is 6.92 Å². The molecule has 1 atom stereocenters. The van der Waals surface area contributed by atoms with Gasteiger partial charge in [0, 0.05) is 38.8 Å². The molecule has 1 aliphatic heterocycles. The lowest BCUT2D eigenvalue weighted by molar-refractivity contribution is 0.0617. The molecule has 0 saturated carbocycles. The molecule has 21 heavy (non-hydrogen) atoms. The summed E-state index contributed by atoms with van der Waals surface area (Å²) in [6.07, 6.45) is 0. The Bertz CT molecular complexity index is 502. The van der Waals surface area contributed by atoms with E-state index in [-0.39, 0.29) is 17.2 Å². The normalized spacial score (nSPS) is 17.8. The highest BCUT2D eigenvalue weighted by atomic mass is 19.1. The Balaban J connectivity index is 1.94. The molecule has 0 aromatic heterocycles. The van der Waals surface area contributed by atoms with E-state index < -0.39 is 5.82 Å². The molecule has 1 amide bonds. The van der Waals surface area contributed by atoms with Crippen molar-refractivity contribution in [2.75, 3.05) is 39.3 Å². The van der Waals surface area contributed by atoms with Crippen LogP contribution in [0.2, 0.25) is 0 Å². The fourth-order valence-corrected chi connectivity index (χ4v) is 2.50. The number of aromatic hydroxyl groups is 1. The van der Waals surface area contributed by atoms with Gasteiger partial charge >= 0.3 is 0 Å². The van der Waals surface area contributed by atoms with E-state index in [4.69, 9.17) is 5.73 Å². The Morgan fingerprint density at radius 1 is 1.38 bits per heavy atom. The monoisotopic (exact) mass is 295 g/mol. The molecular formula is C15H22FN3O2. The van der Waals surface area contributed by atoms with Crippen LogP contribution in [0, 0.1) is 11.7 Å². The standard InChI is InChI=1S/C15H22FN3O2/c1-11(9-17)10-18-4-6-19(7-5-18)15(21)13-3-2-12(20)8-14(13)16/h2-3,8,11,20H,4-7,9-10,17H2,1H3. The smallest absolute Gasteiger partial charge is 0.256 e. The molecule has 3 N–H and O–H groups in total. The summed E-state index contributed by atoms with van der Waals surface area (Å²) < 4.78 is 13.7. The molecular weight excluding hydrogens is 273 g/mol. The predicted octanol–water partition coefficient (Wildman–Crippen LogP) is 0.884. The van der Waals surface area contributed by atoms with Crippen LogP contribution >= 0.6 is 0 Å². The summed E-state index contributed by atoms with van der Waals surface area (Å²) >= 11 is 0. The van der Waals surface area contributed by atoms with Crippen LogP contribution in [0.4, 0.5) is 4.39 Å². The molecule has 5 nitrogen and oxygen atoms in total. The van der Waals surface area contributed by atoms with Crippen molar-refractivity contribution in [1.29, 1.82) is 0 Å². The van der Waals surface area contributed by atoms with Crippen LogP contribution in [0.3, 0.4) is 0 Å². The van der Waals surface area contributed by atoms with Gasteiger partial charge in [0.25, 0.3) is 5.91 Å². The maximum atomic E-state index is 13.7. The molecule has 0 bridgehead atoms. The molecule has 1 heterocycles. The van der Waals surface area contributed by atoms with E-state index in [1.807, 2.05) is 0 Å². The van der Waals surface area contributed by atoms with Crippen molar-refractivity contribution in [3.8, 4) is 5.75 Å². The second-order valence-corrected chi connectivity index (χ2v) is 5.60. The average molecular weight is 295 g/mol. The fraction of sp³-hybridized carbons (Fsp3) is 0.533. The molecule has 0 radical (unpaired) electrons. The number of hydrogen-bond acceptors (Lipinski definition) is 4. The third-order valence-electron chi connectivity index (χ3n) is 3.81. The van der Waals surface area contributed by atoms with Crippen LogP contribution in [-0.4, -0.2) is 60.1 Å². The number of nitrogens with zero attached hydrogens (tertiary/aromatic N) is 2. The summed E-state index contributed by atoms with van der Waals surface area (Å²) in [7, 11) is 0. The van der Waals surface area contributed by atoms with Crippen molar-refractivity contribution in [2.24, 2.45) is 11.7 Å². The minimum atomic E-state index is -0.681. The SMILES string of the molecule is CC(CN)CN1CCN(C(=O)c2ccc(O)cc2F)CC1. The van der Waals surface area contributed by atoms with E-state index >= 15 is 0 Å². The maximum absolute atomic E-state index is 13.7. The lowest BCUT2D eigenvalue weighted by Gasteiger charge is -2.35. The van der Waals surface area contributed by atoms with Gasteiger partial charge in [0.15, 0.2) is 0 Å². The summed E-state index contributed by atoms with van der Waals surface area (Å²) in [5.41, 5.74) is 5.63. The van der Waals surface area contributed by atoms with E-state index in [1.54, 1.807) is 4.90 Å². The Kier molecular flexibility index (Phi) is 5.14. The number of nitrogens with two attached hydrogens (primary N) is 1. The first-order chi connectivity index (χ1) is 10.0. The van der Waals surface area contributed by atoms with E-state index in [9.17, 15) is 14.3 Å². The quantitative estimate of drug-likeness (QED) is 0.865.